The number of anilines is 1. The van der Waals surface area contributed by atoms with Crippen molar-refractivity contribution in [1.29, 1.82) is 0 Å². The Labute approximate surface area is 206 Å². The lowest BCUT2D eigenvalue weighted by molar-refractivity contribution is -0.141. The van der Waals surface area contributed by atoms with Crippen LogP contribution in [0.2, 0.25) is 0 Å². The highest BCUT2D eigenvalue weighted by Crippen LogP contribution is 2.26. The van der Waals surface area contributed by atoms with Gasteiger partial charge in [0.05, 0.1) is 6.04 Å². The van der Waals surface area contributed by atoms with E-state index in [1.807, 2.05) is 70.2 Å². The quantitative estimate of drug-likeness (QED) is 0.445. The molecule has 3 amide bonds. The monoisotopic (exact) mass is 484 g/mol. The van der Waals surface area contributed by atoms with Gasteiger partial charge >= 0.3 is 0 Å². The number of amides is 3. The Bertz CT molecular complexity index is 1030. The Balaban J connectivity index is 0.00000137. The lowest BCUT2D eigenvalue weighted by atomic mass is 9.99. The first-order valence-corrected chi connectivity index (χ1v) is 11.8. The van der Waals surface area contributed by atoms with Crippen molar-refractivity contribution in [2.24, 2.45) is 17.6 Å². The third-order valence-electron chi connectivity index (χ3n) is 6.14. The number of benzene rings is 2. The summed E-state index contributed by atoms with van der Waals surface area (Å²) in [5.41, 5.74) is 6.69. The molecule has 190 valence electrons. The average Bonchev–Trinajstić information content (AvgIpc) is 3.32. The number of nitrogens with zero attached hydrogens (tertiary/aromatic N) is 1. The molecule has 0 saturated carbocycles. The molecule has 1 heterocycles. The second-order valence-corrected chi connectivity index (χ2v) is 9.31. The molecule has 1 saturated heterocycles. The Morgan fingerprint density at radius 3 is 2.31 bits per heavy atom. The van der Waals surface area contributed by atoms with Gasteiger partial charge in [-0.15, -0.1) is 0 Å². The van der Waals surface area contributed by atoms with Crippen LogP contribution >= 0.6 is 0 Å². The fourth-order valence-corrected chi connectivity index (χ4v) is 4.10. The van der Waals surface area contributed by atoms with Gasteiger partial charge in [-0.1, -0.05) is 64.1 Å². The fraction of sp³-hybridized carbons (Fsp3) is 0.462. The Morgan fingerprint density at radius 2 is 1.69 bits per heavy atom. The van der Waals surface area contributed by atoms with E-state index in [1.54, 1.807) is 4.90 Å². The largest absolute Gasteiger partial charge is 0.483 e. The molecule has 1 fully saturated rings. The van der Waals surface area contributed by atoms with Crippen molar-refractivity contribution >= 4 is 40.7 Å². The lowest BCUT2D eigenvalue weighted by Gasteiger charge is -2.31. The summed E-state index contributed by atoms with van der Waals surface area (Å²) in [6.07, 6.45) is 1.33. The van der Waals surface area contributed by atoms with Crippen LogP contribution in [0.25, 0.3) is 10.8 Å². The number of carbonyl (C=O) groups is 4. The number of rotatable bonds is 7. The summed E-state index contributed by atoms with van der Waals surface area (Å²) < 4.78 is 0. The van der Waals surface area contributed by atoms with E-state index in [0.29, 0.717) is 13.0 Å². The zero-order valence-electron chi connectivity index (χ0n) is 20.7. The van der Waals surface area contributed by atoms with Gasteiger partial charge in [-0.2, -0.15) is 0 Å². The van der Waals surface area contributed by atoms with Gasteiger partial charge in [-0.3, -0.25) is 19.2 Å². The highest BCUT2D eigenvalue weighted by atomic mass is 16.3. The Morgan fingerprint density at radius 1 is 1.06 bits per heavy atom. The number of carboxylic acid groups (broad SMARTS) is 1. The van der Waals surface area contributed by atoms with Crippen LogP contribution in [0, 0.1) is 11.8 Å². The van der Waals surface area contributed by atoms with Crippen molar-refractivity contribution in [3.8, 4) is 0 Å². The molecule has 3 rings (SSSR count). The molecular formula is C26H36N4O5. The van der Waals surface area contributed by atoms with Crippen LogP contribution in [0.3, 0.4) is 0 Å². The average molecular weight is 485 g/mol. The van der Waals surface area contributed by atoms with Gasteiger partial charge in [0.1, 0.15) is 12.1 Å². The van der Waals surface area contributed by atoms with E-state index in [-0.39, 0.29) is 36.0 Å². The van der Waals surface area contributed by atoms with E-state index < -0.39 is 18.1 Å². The molecule has 0 bridgehead atoms. The van der Waals surface area contributed by atoms with E-state index in [2.05, 4.69) is 10.6 Å². The zero-order valence-corrected chi connectivity index (χ0v) is 20.7. The second-order valence-electron chi connectivity index (χ2n) is 9.31. The van der Waals surface area contributed by atoms with E-state index in [1.165, 1.54) is 0 Å². The van der Waals surface area contributed by atoms with Crippen LogP contribution in [0.5, 0.6) is 0 Å². The van der Waals surface area contributed by atoms with Gasteiger partial charge in [0.25, 0.3) is 6.47 Å². The van der Waals surface area contributed by atoms with Crippen molar-refractivity contribution in [2.75, 3.05) is 11.9 Å². The predicted octanol–water partition coefficient (Wildman–Crippen LogP) is 2.59. The number of nitrogens with two attached hydrogens (primary N) is 1. The van der Waals surface area contributed by atoms with Crippen LogP contribution in [0.15, 0.2) is 42.5 Å². The van der Waals surface area contributed by atoms with Gasteiger partial charge in [0, 0.05) is 17.6 Å². The second kappa shape index (κ2) is 12.9. The molecule has 0 aliphatic carbocycles. The molecule has 1 aliphatic rings. The van der Waals surface area contributed by atoms with Gasteiger partial charge in [0.2, 0.25) is 17.7 Å². The molecule has 9 heteroatoms. The minimum absolute atomic E-state index is 0.0380. The van der Waals surface area contributed by atoms with Crippen molar-refractivity contribution in [3.63, 3.8) is 0 Å². The number of hydrogen-bond acceptors (Lipinski definition) is 5. The van der Waals surface area contributed by atoms with Crippen LogP contribution in [-0.2, 0) is 19.2 Å². The summed E-state index contributed by atoms with van der Waals surface area (Å²) >= 11 is 0. The summed E-state index contributed by atoms with van der Waals surface area (Å²) in [6, 6.07) is 11.6. The first-order chi connectivity index (χ1) is 16.6. The molecule has 0 spiro atoms. The summed E-state index contributed by atoms with van der Waals surface area (Å²) in [5, 5.41) is 14.7. The SMILES string of the molecule is CC(C)[C@H](N)C(=O)N[C@H](C(=O)N1CCC[C@H]1C(=O)Nc1cccc2ccccc12)C(C)C.O=CO. The number of likely N-dealkylation sites (tertiary alicyclic amines) is 1. The van der Waals surface area contributed by atoms with Crippen LogP contribution < -0.4 is 16.4 Å². The van der Waals surface area contributed by atoms with Crippen LogP contribution in [0.4, 0.5) is 5.69 Å². The molecular weight excluding hydrogens is 448 g/mol. The summed E-state index contributed by atoms with van der Waals surface area (Å²) in [6.45, 7) is 7.73. The maximum absolute atomic E-state index is 13.4. The van der Waals surface area contributed by atoms with Crippen molar-refractivity contribution in [1.82, 2.24) is 10.2 Å². The predicted molar refractivity (Wildman–Crippen MR) is 136 cm³/mol. The number of hydrogen-bond donors (Lipinski definition) is 4. The van der Waals surface area contributed by atoms with E-state index in [0.717, 1.165) is 22.9 Å². The molecule has 1 aliphatic heterocycles. The first-order valence-electron chi connectivity index (χ1n) is 11.8. The van der Waals surface area contributed by atoms with Crippen molar-refractivity contribution < 1.29 is 24.3 Å². The summed E-state index contributed by atoms with van der Waals surface area (Å²) in [4.78, 5) is 49.0. The van der Waals surface area contributed by atoms with Crippen molar-refractivity contribution in [2.45, 2.75) is 58.7 Å². The van der Waals surface area contributed by atoms with E-state index >= 15 is 0 Å². The van der Waals surface area contributed by atoms with Crippen LogP contribution in [0.1, 0.15) is 40.5 Å². The van der Waals surface area contributed by atoms with Crippen molar-refractivity contribution in [3.05, 3.63) is 42.5 Å². The molecule has 3 atom stereocenters. The van der Waals surface area contributed by atoms with Gasteiger partial charge in [0.15, 0.2) is 0 Å². The highest BCUT2D eigenvalue weighted by molar-refractivity contribution is 6.05. The highest BCUT2D eigenvalue weighted by Gasteiger charge is 2.39. The minimum Gasteiger partial charge on any atom is -0.483 e. The van der Waals surface area contributed by atoms with E-state index in [9.17, 15) is 14.4 Å². The number of carbonyl (C=O) groups excluding carboxylic acids is 3. The number of fused-ring (bicyclic) bond motifs is 1. The maximum Gasteiger partial charge on any atom is 0.290 e. The fourth-order valence-electron chi connectivity index (χ4n) is 4.10. The van der Waals surface area contributed by atoms with Gasteiger partial charge < -0.3 is 26.4 Å². The maximum atomic E-state index is 13.4. The lowest BCUT2D eigenvalue weighted by Crippen LogP contribution is -2.57. The standard InChI is InChI=1S/C25H34N4O3.CH2O2/c1-15(2)21(26)24(31)28-22(16(3)4)25(32)29-14-8-13-20(29)23(30)27-19-12-7-10-17-9-5-6-11-18(17)19;2-1-3/h5-7,9-12,15-16,20-22H,8,13-14,26H2,1-4H3,(H,27,30)(H,28,31);1H,(H,2,3)/t20-,21-,22-;/m0./s1. The molecule has 0 unspecified atom stereocenters. The molecule has 0 radical (unpaired) electrons. The Hall–Kier alpha value is -3.46. The van der Waals surface area contributed by atoms with Gasteiger partial charge in [-0.25, -0.2) is 0 Å². The van der Waals surface area contributed by atoms with Gasteiger partial charge in [-0.05, 0) is 36.1 Å². The zero-order chi connectivity index (χ0) is 26.1. The molecule has 9 nitrogen and oxygen atoms in total. The Kier molecular flexibility index (Phi) is 10.2. The smallest absolute Gasteiger partial charge is 0.290 e. The molecule has 5 N–H and O–H groups in total. The molecule has 35 heavy (non-hydrogen) atoms. The van der Waals surface area contributed by atoms with Crippen LogP contribution in [-0.4, -0.2) is 58.9 Å². The minimum atomic E-state index is -0.724. The summed E-state index contributed by atoms with van der Waals surface area (Å²) in [7, 11) is 0. The first kappa shape index (κ1) is 27.8. The third kappa shape index (κ3) is 7.02. The molecule has 2 aromatic rings. The summed E-state index contributed by atoms with van der Waals surface area (Å²) in [5.74, 6) is -0.958. The normalized spacial score (nSPS) is 16.9. The molecule has 2 aromatic carbocycles. The third-order valence-corrected chi connectivity index (χ3v) is 6.14. The molecule has 0 aromatic heterocycles. The topological polar surface area (TPSA) is 142 Å². The van der Waals surface area contributed by atoms with E-state index in [4.69, 9.17) is 15.6 Å². The number of nitrogens with one attached hydrogen (secondary N) is 2.